The minimum absolute atomic E-state index is 0.0662. The van der Waals surface area contributed by atoms with Crippen molar-refractivity contribution in [1.82, 2.24) is 0 Å². The molecule has 3 atom stereocenters. The Balaban J connectivity index is 2.20. The number of hydrogen-bond donors (Lipinski definition) is 2. The first-order valence-electron chi connectivity index (χ1n) is 7.84. The summed E-state index contributed by atoms with van der Waals surface area (Å²) in [6.45, 7) is 6.24. The second-order valence-corrected chi connectivity index (χ2v) is 7.54. The molecule has 0 saturated heterocycles. The highest BCUT2D eigenvalue weighted by molar-refractivity contribution is 6.00. The van der Waals surface area contributed by atoms with Gasteiger partial charge in [0.25, 0.3) is 0 Å². The van der Waals surface area contributed by atoms with Crippen LogP contribution in [0.5, 0.6) is 11.5 Å². The van der Waals surface area contributed by atoms with Gasteiger partial charge in [0, 0.05) is 12.0 Å². The Kier molecular flexibility index (Phi) is 3.29. The fourth-order valence-corrected chi connectivity index (χ4v) is 4.58. The van der Waals surface area contributed by atoms with Crippen LogP contribution in [0.3, 0.4) is 0 Å². The minimum atomic E-state index is -0.397. The summed E-state index contributed by atoms with van der Waals surface area (Å²) in [7, 11) is 1.49. The average molecular weight is 304 g/mol. The third-order valence-electron chi connectivity index (χ3n) is 6.09. The lowest BCUT2D eigenvalue weighted by atomic mass is 9.49. The largest absolute Gasteiger partial charge is 0.504 e. The van der Waals surface area contributed by atoms with E-state index in [1.54, 1.807) is 12.1 Å². The zero-order valence-electron chi connectivity index (χ0n) is 13.6. The number of rotatable bonds is 1. The van der Waals surface area contributed by atoms with Gasteiger partial charge >= 0.3 is 0 Å². The third-order valence-corrected chi connectivity index (χ3v) is 6.09. The van der Waals surface area contributed by atoms with Crippen molar-refractivity contribution in [3.8, 4) is 11.5 Å². The van der Waals surface area contributed by atoms with Crippen LogP contribution in [0.1, 0.15) is 56.0 Å². The number of methoxy groups -OCH3 is 1. The fraction of sp³-hybridized carbons (Fsp3) is 0.611. The Morgan fingerprint density at radius 1 is 1.27 bits per heavy atom. The molecular weight excluding hydrogens is 280 g/mol. The topological polar surface area (TPSA) is 66.8 Å². The maximum absolute atomic E-state index is 12.6. The number of carbonyl (C=O) groups is 1. The Labute approximate surface area is 131 Å². The van der Waals surface area contributed by atoms with Crippen molar-refractivity contribution in [3.63, 3.8) is 0 Å². The Bertz CT molecular complexity index is 634. The number of benzene rings is 1. The Morgan fingerprint density at radius 3 is 2.59 bits per heavy atom. The quantitative estimate of drug-likeness (QED) is 0.837. The zero-order valence-corrected chi connectivity index (χ0v) is 13.6. The van der Waals surface area contributed by atoms with Crippen molar-refractivity contribution < 1.29 is 19.7 Å². The zero-order chi connectivity index (χ0) is 16.3. The van der Waals surface area contributed by atoms with E-state index in [2.05, 4.69) is 6.92 Å². The molecule has 4 nitrogen and oxygen atoms in total. The normalized spacial score (nSPS) is 33.0. The molecule has 4 heteroatoms. The van der Waals surface area contributed by atoms with E-state index >= 15 is 0 Å². The van der Waals surface area contributed by atoms with E-state index in [1.807, 2.05) is 13.8 Å². The van der Waals surface area contributed by atoms with E-state index in [4.69, 9.17) is 4.74 Å². The molecule has 22 heavy (non-hydrogen) atoms. The van der Waals surface area contributed by atoms with Crippen LogP contribution in [0.25, 0.3) is 0 Å². The van der Waals surface area contributed by atoms with Gasteiger partial charge in [-0.25, -0.2) is 0 Å². The van der Waals surface area contributed by atoms with Crippen LogP contribution in [0.4, 0.5) is 0 Å². The van der Waals surface area contributed by atoms with Crippen molar-refractivity contribution >= 4 is 5.78 Å². The molecule has 3 unspecified atom stereocenters. The standard InChI is InChI=1S/C18H24O4/c1-17(2)15-9-12(19)10-7-14(22-4)13(20)8-11(10)18(15,3)6-5-16(17)21/h7-8,15-16,20-21H,5-6,9H2,1-4H3. The summed E-state index contributed by atoms with van der Waals surface area (Å²) in [4.78, 5) is 12.6. The maximum Gasteiger partial charge on any atom is 0.163 e. The molecule has 1 aromatic carbocycles. The van der Waals surface area contributed by atoms with Crippen molar-refractivity contribution in [2.75, 3.05) is 7.11 Å². The predicted octanol–water partition coefficient (Wildman–Crippen LogP) is 3.04. The van der Waals surface area contributed by atoms with Gasteiger partial charge in [0.15, 0.2) is 17.3 Å². The van der Waals surface area contributed by atoms with Crippen LogP contribution in [-0.2, 0) is 5.41 Å². The first-order valence-corrected chi connectivity index (χ1v) is 7.84. The molecule has 0 amide bonds. The first kappa shape index (κ1) is 15.3. The van der Waals surface area contributed by atoms with Crippen LogP contribution in [0.2, 0.25) is 0 Å². The van der Waals surface area contributed by atoms with Crippen LogP contribution in [-0.4, -0.2) is 29.2 Å². The van der Waals surface area contributed by atoms with Crippen molar-refractivity contribution in [2.24, 2.45) is 11.3 Å². The molecule has 1 saturated carbocycles. The first-order chi connectivity index (χ1) is 10.2. The molecule has 2 aliphatic rings. The lowest BCUT2D eigenvalue weighted by molar-refractivity contribution is -0.0687. The highest BCUT2D eigenvalue weighted by Gasteiger charge is 2.55. The van der Waals surface area contributed by atoms with Gasteiger partial charge in [-0.05, 0) is 47.3 Å². The van der Waals surface area contributed by atoms with E-state index < -0.39 is 6.10 Å². The predicted molar refractivity (Wildman–Crippen MR) is 83.5 cm³/mol. The number of aliphatic hydroxyl groups is 1. The molecule has 0 spiro atoms. The number of ether oxygens (including phenoxy) is 1. The molecule has 0 heterocycles. The summed E-state index contributed by atoms with van der Waals surface area (Å²) in [5, 5.41) is 20.5. The third kappa shape index (κ3) is 1.89. The van der Waals surface area contributed by atoms with Gasteiger partial charge in [0.05, 0.1) is 13.2 Å². The van der Waals surface area contributed by atoms with Gasteiger partial charge in [-0.2, -0.15) is 0 Å². The summed E-state index contributed by atoms with van der Waals surface area (Å²) in [6, 6.07) is 3.35. The second kappa shape index (κ2) is 4.72. The van der Waals surface area contributed by atoms with Gasteiger partial charge in [0.1, 0.15) is 0 Å². The van der Waals surface area contributed by atoms with Gasteiger partial charge in [-0.3, -0.25) is 4.79 Å². The second-order valence-electron chi connectivity index (χ2n) is 7.54. The van der Waals surface area contributed by atoms with E-state index in [1.165, 1.54) is 7.11 Å². The molecular formula is C18H24O4. The SMILES string of the molecule is COc1cc2c(cc1O)C1(C)CCC(O)C(C)(C)C1CC2=O. The van der Waals surface area contributed by atoms with Crippen LogP contribution in [0.15, 0.2) is 12.1 Å². The van der Waals surface area contributed by atoms with E-state index in [0.717, 1.165) is 12.0 Å². The number of aliphatic hydroxyl groups excluding tert-OH is 1. The van der Waals surface area contributed by atoms with Gasteiger partial charge in [0.2, 0.25) is 0 Å². The molecule has 2 aliphatic carbocycles. The highest BCUT2D eigenvalue weighted by Crippen LogP contribution is 2.57. The number of Topliss-reactive ketones (excluding diaryl/α,β-unsaturated/α-hetero) is 1. The Hall–Kier alpha value is -1.55. The van der Waals surface area contributed by atoms with Gasteiger partial charge in [-0.1, -0.05) is 20.8 Å². The number of phenols is 1. The number of aromatic hydroxyl groups is 1. The molecule has 3 rings (SSSR count). The number of ketones is 1. The van der Waals surface area contributed by atoms with Crippen LogP contribution in [0, 0.1) is 11.3 Å². The molecule has 0 aromatic heterocycles. The number of phenolic OH excluding ortho intramolecular Hbond substituents is 1. The molecule has 1 fully saturated rings. The lowest BCUT2D eigenvalue weighted by Gasteiger charge is -2.55. The minimum Gasteiger partial charge on any atom is -0.504 e. The number of carbonyl (C=O) groups excluding carboxylic acids is 1. The maximum atomic E-state index is 12.6. The van der Waals surface area contributed by atoms with E-state index in [9.17, 15) is 15.0 Å². The summed E-state index contributed by atoms with van der Waals surface area (Å²) in [6.07, 6.45) is 1.56. The highest BCUT2D eigenvalue weighted by atomic mass is 16.5. The summed E-state index contributed by atoms with van der Waals surface area (Å²) in [5.74, 6) is 0.540. The number of hydrogen-bond acceptors (Lipinski definition) is 4. The number of fused-ring (bicyclic) bond motifs is 3. The Morgan fingerprint density at radius 2 is 1.95 bits per heavy atom. The van der Waals surface area contributed by atoms with Crippen LogP contribution < -0.4 is 4.74 Å². The van der Waals surface area contributed by atoms with Crippen molar-refractivity contribution in [3.05, 3.63) is 23.3 Å². The molecule has 0 radical (unpaired) electrons. The average Bonchev–Trinajstić information content (AvgIpc) is 2.46. The fourth-order valence-electron chi connectivity index (χ4n) is 4.58. The molecule has 0 aliphatic heterocycles. The van der Waals surface area contributed by atoms with E-state index in [0.29, 0.717) is 24.2 Å². The lowest BCUT2D eigenvalue weighted by Crippen LogP contribution is -2.54. The summed E-state index contributed by atoms with van der Waals surface area (Å²) >= 11 is 0. The molecule has 0 bridgehead atoms. The monoisotopic (exact) mass is 304 g/mol. The smallest absolute Gasteiger partial charge is 0.163 e. The molecule has 120 valence electrons. The van der Waals surface area contributed by atoms with Gasteiger partial charge < -0.3 is 14.9 Å². The van der Waals surface area contributed by atoms with Crippen molar-refractivity contribution in [1.29, 1.82) is 0 Å². The van der Waals surface area contributed by atoms with E-state index in [-0.39, 0.29) is 28.3 Å². The van der Waals surface area contributed by atoms with Crippen LogP contribution >= 0.6 is 0 Å². The summed E-state index contributed by atoms with van der Waals surface area (Å²) < 4.78 is 5.14. The molecule has 2 N–H and O–H groups in total. The van der Waals surface area contributed by atoms with Crippen molar-refractivity contribution in [2.45, 2.75) is 51.6 Å². The van der Waals surface area contributed by atoms with Gasteiger partial charge in [-0.15, -0.1) is 0 Å². The molecule has 1 aromatic rings. The summed E-state index contributed by atoms with van der Waals surface area (Å²) in [5.41, 5.74) is 1.01.